The van der Waals surface area contributed by atoms with Gasteiger partial charge in [-0.1, -0.05) is 29.8 Å². The van der Waals surface area contributed by atoms with Gasteiger partial charge in [0.05, 0.1) is 10.5 Å². The molecule has 0 bridgehead atoms. The first kappa shape index (κ1) is 20.2. The van der Waals surface area contributed by atoms with Gasteiger partial charge in [-0.25, -0.2) is 4.79 Å². The lowest BCUT2D eigenvalue weighted by Crippen LogP contribution is -2.46. The average Bonchev–Trinajstić information content (AvgIpc) is 3.09. The van der Waals surface area contributed by atoms with Crippen LogP contribution >= 0.6 is 11.6 Å². The predicted molar refractivity (Wildman–Crippen MR) is 106 cm³/mol. The highest BCUT2D eigenvalue weighted by Crippen LogP contribution is 2.24. The topological polar surface area (TPSA) is 140 Å². The van der Waals surface area contributed by atoms with Crippen LogP contribution in [0.15, 0.2) is 48.7 Å². The largest absolute Gasteiger partial charge is 0.444 e. The van der Waals surface area contributed by atoms with E-state index in [9.17, 15) is 19.7 Å². The molecule has 9 nitrogen and oxygen atoms in total. The maximum atomic E-state index is 12.1. The number of carbonyl (C=O) groups is 2. The number of nitro benzene ring substituents is 1. The summed E-state index contributed by atoms with van der Waals surface area (Å²) < 4.78 is 5.03. The zero-order valence-electron chi connectivity index (χ0n) is 15.1. The molecule has 0 radical (unpaired) electrons. The number of H-pyrrole nitrogens is 1. The first-order chi connectivity index (χ1) is 13.8. The molecule has 29 heavy (non-hydrogen) atoms. The Morgan fingerprint density at radius 1 is 1.24 bits per heavy atom. The number of fused-ring (bicyclic) bond motifs is 1. The van der Waals surface area contributed by atoms with E-state index in [0.29, 0.717) is 0 Å². The highest BCUT2D eigenvalue weighted by atomic mass is 35.5. The van der Waals surface area contributed by atoms with Gasteiger partial charge in [0.25, 0.3) is 5.69 Å². The number of aromatic amines is 1. The number of hydrogen-bond donors (Lipinski definition) is 3. The molecule has 0 aliphatic heterocycles. The number of para-hydroxylation sites is 1. The van der Waals surface area contributed by atoms with Gasteiger partial charge in [0.2, 0.25) is 5.91 Å². The molecule has 0 saturated carbocycles. The number of carbonyl (C=O) groups excluding carboxylic acids is 2. The molecule has 10 heteroatoms. The molecule has 0 spiro atoms. The summed E-state index contributed by atoms with van der Waals surface area (Å²) in [6.45, 7) is -0.363. The van der Waals surface area contributed by atoms with Gasteiger partial charge >= 0.3 is 6.09 Å². The molecule has 4 N–H and O–H groups in total. The normalized spacial score (nSPS) is 11.8. The Balaban J connectivity index is 1.66. The number of alkyl carbamates (subject to hydrolysis) is 1. The number of nitrogens with two attached hydrogens (primary N) is 1. The van der Waals surface area contributed by atoms with Crippen molar-refractivity contribution in [1.29, 1.82) is 0 Å². The zero-order chi connectivity index (χ0) is 21.0. The fourth-order valence-corrected chi connectivity index (χ4v) is 3.07. The van der Waals surface area contributed by atoms with E-state index in [1.54, 1.807) is 6.20 Å². The summed E-state index contributed by atoms with van der Waals surface area (Å²) in [6.07, 6.45) is 0.984. The fourth-order valence-electron chi connectivity index (χ4n) is 2.90. The van der Waals surface area contributed by atoms with Crippen LogP contribution in [0.25, 0.3) is 10.9 Å². The van der Waals surface area contributed by atoms with Crippen molar-refractivity contribution in [3.63, 3.8) is 0 Å². The Bertz CT molecular complexity index is 1080. The maximum absolute atomic E-state index is 12.1. The second-order valence-corrected chi connectivity index (χ2v) is 6.71. The van der Waals surface area contributed by atoms with Crippen LogP contribution < -0.4 is 11.1 Å². The van der Waals surface area contributed by atoms with Gasteiger partial charge < -0.3 is 20.8 Å². The molecule has 0 aliphatic rings. The van der Waals surface area contributed by atoms with Crippen molar-refractivity contribution in [2.45, 2.75) is 19.1 Å². The van der Waals surface area contributed by atoms with Crippen molar-refractivity contribution < 1.29 is 19.2 Å². The van der Waals surface area contributed by atoms with E-state index < -0.39 is 23.0 Å². The van der Waals surface area contributed by atoms with Gasteiger partial charge in [0.15, 0.2) is 0 Å². The third-order valence-electron chi connectivity index (χ3n) is 4.34. The summed E-state index contributed by atoms with van der Waals surface area (Å²) in [4.78, 5) is 37.5. The third kappa shape index (κ3) is 4.82. The zero-order valence-corrected chi connectivity index (χ0v) is 15.8. The SMILES string of the molecule is NC(=O)C(Cc1c[nH]c2ccccc12)NC(=O)OCc1ccc(Cl)cc1[N+](=O)[O-]. The minimum atomic E-state index is -1.01. The van der Waals surface area contributed by atoms with Gasteiger partial charge in [-0.15, -0.1) is 0 Å². The molecule has 1 aromatic heterocycles. The molecular weight excluding hydrogens is 400 g/mol. The number of nitrogens with one attached hydrogen (secondary N) is 2. The number of rotatable bonds is 7. The summed E-state index contributed by atoms with van der Waals surface area (Å²) in [7, 11) is 0. The van der Waals surface area contributed by atoms with Crippen LogP contribution in [0, 0.1) is 10.1 Å². The number of aromatic nitrogens is 1. The molecule has 3 aromatic rings. The summed E-state index contributed by atoms with van der Waals surface area (Å²) in [6, 6.07) is 10.5. The van der Waals surface area contributed by atoms with E-state index in [2.05, 4.69) is 10.3 Å². The number of hydrogen-bond acceptors (Lipinski definition) is 5. The molecule has 2 aromatic carbocycles. The van der Waals surface area contributed by atoms with E-state index in [4.69, 9.17) is 22.1 Å². The lowest BCUT2D eigenvalue weighted by molar-refractivity contribution is -0.385. The first-order valence-corrected chi connectivity index (χ1v) is 8.93. The number of ether oxygens (including phenoxy) is 1. The van der Waals surface area contributed by atoms with Crippen molar-refractivity contribution in [3.05, 3.63) is 74.9 Å². The van der Waals surface area contributed by atoms with Crippen LogP contribution in [0.1, 0.15) is 11.1 Å². The van der Waals surface area contributed by atoms with Gasteiger partial charge in [-0.2, -0.15) is 0 Å². The summed E-state index contributed by atoms with van der Waals surface area (Å²) >= 11 is 5.76. The average molecular weight is 417 g/mol. The fraction of sp³-hybridized carbons (Fsp3) is 0.158. The number of primary amides is 1. The molecule has 1 heterocycles. The second kappa shape index (κ2) is 8.61. The lowest BCUT2D eigenvalue weighted by Gasteiger charge is -2.15. The second-order valence-electron chi connectivity index (χ2n) is 6.27. The number of halogens is 1. The van der Waals surface area contributed by atoms with Crippen LogP contribution in [0.4, 0.5) is 10.5 Å². The number of nitrogens with zero attached hydrogens (tertiary/aromatic N) is 1. The molecule has 0 fully saturated rings. The van der Waals surface area contributed by atoms with Gasteiger partial charge in [0, 0.05) is 34.6 Å². The molecule has 2 amide bonds. The molecule has 3 rings (SSSR count). The number of amides is 2. The highest BCUT2D eigenvalue weighted by molar-refractivity contribution is 6.30. The molecule has 1 unspecified atom stereocenters. The van der Waals surface area contributed by atoms with Crippen molar-refractivity contribution >= 4 is 40.2 Å². The monoisotopic (exact) mass is 416 g/mol. The Morgan fingerprint density at radius 2 is 2.00 bits per heavy atom. The summed E-state index contributed by atoms with van der Waals surface area (Å²) in [5, 5.41) is 14.6. The van der Waals surface area contributed by atoms with E-state index >= 15 is 0 Å². The summed E-state index contributed by atoms with van der Waals surface area (Å²) in [5.41, 5.74) is 7.01. The molecule has 150 valence electrons. The first-order valence-electron chi connectivity index (χ1n) is 8.55. The number of benzene rings is 2. The van der Waals surface area contributed by atoms with Gasteiger partial charge in [-0.05, 0) is 23.8 Å². The molecular formula is C19H17ClN4O5. The standard InChI is InChI=1S/C19H17ClN4O5/c20-13-6-5-11(17(8-13)24(27)28)10-29-19(26)23-16(18(21)25)7-12-9-22-15-4-2-1-3-14(12)15/h1-6,8-9,16,22H,7,10H2,(H2,21,25)(H,23,26). The molecule has 0 saturated heterocycles. The quantitative estimate of drug-likeness (QED) is 0.401. The van der Waals surface area contributed by atoms with Gasteiger partial charge in [-0.3, -0.25) is 14.9 Å². The van der Waals surface area contributed by atoms with Crippen molar-refractivity contribution in [2.75, 3.05) is 0 Å². The predicted octanol–water partition coefficient (Wildman–Crippen LogP) is 3.05. The third-order valence-corrected chi connectivity index (χ3v) is 4.57. The van der Waals surface area contributed by atoms with Crippen LogP contribution in [-0.2, 0) is 22.6 Å². The molecule has 1 atom stereocenters. The molecule has 0 aliphatic carbocycles. The van der Waals surface area contributed by atoms with Crippen LogP contribution in [0.2, 0.25) is 5.02 Å². The Kier molecular flexibility index (Phi) is 5.99. The van der Waals surface area contributed by atoms with Crippen molar-refractivity contribution in [3.8, 4) is 0 Å². The van der Waals surface area contributed by atoms with Crippen molar-refractivity contribution in [1.82, 2.24) is 10.3 Å². The Hall–Kier alpha value is -3.59. The van der Waals surface area contributed by atoms with Crippen LogP contribution in [0.5, 0.6) is 0 Å². The van der Waals surface area contributed by atoms with Crippen LogP contribution in [-0.4, -0.2) is 27.9 Å². The number of nitro groups is 1. The maximum Gasteiger partial charge on any atom is 0.408 e. The van der Waals surface area contributed by atoms with E-state index in [1.807, 2.05) is 24.3 Å². The van der Waals surface area contributed by atoms with Crippen LogP contribution in [0.3, 0.4) is 0 Å². The van der Waals surface area contributed by atoms with Gasteiger partial charge in [0.1, 0.15) is 12.6 Å². The minimum Gasteiger partial charge on any atom is -0.444 e. The lowest BCUT2D eigenvalue weighted by atomic mass is 10.0. The minimum absolute atomic E-state index is 0.162. The summed E-state index contributed by atoms with van der Waals surface area (Å²) in [5.74, 6) is -0.732. The van der Waals surface area contributed by atoms with E-state index in [0.717, 1.165) is 16.5 Å². The van der Waals surface area contributed by atoms with E-state index in [1.165, 1.54) is 18.2 Å². The smallest absolute Gasteiger partial charge is 0.408 e. The highest BCUT2D eigenvalue weighted by Gasteiger charge is 2.22. The van der Waals surface area contributed by atoms with Crippen molar-refractivity contribution in [2.24, 2.45) is 5.73 Å². The van der Waals surface area contributed by atoms with E-state index in [-0.39, 0.29) is 29.3 Å². The Labute approximate surface area is 169 Å². The Morgan fingerprint density at radius 3 is 2.72 bits per heavy atom.